The maximum Gasteiger partial charge on any atom is 0.143 e. The Bertz CT molecular complexity index is 2980. The van der Waals surface area contributed by atoms with E-state index in [1.807, 2.05) is 91.0 Å². The van der Waals surface area contributed by atoms with Gasteiger partial charge in [0.2, 0.25) is 0 Å². The van der Waals surface area contributed by atoms with E-state index in [0.717, 1.165) is 49.0 Å². The highest BCUT2D eigenvalue weighted by Gasteiger charge is 2.17. The largest absolute Gasteiger partial charge is 0.455 e. The van der Waals surface area contributed by atoms with Gasteiger partial charge in [-0.3, -0.25) is 0 Å². The molecule has 1 heterocycles. The standard InChI is InChI=1S/C44H29NO/c1-2-13-34(14-3-1)45(35-25-20-32(21-26-35)38-17-8-12-30-10-4-6-15-37(30)38)36-27-22-33(23-28-36)39-18-9-19-42-43(39)41-29-24-31-11-5-7-16-40(31)44(41)46-42/h1-29H/i1D,2D,3D,13D,14D,20D,21D,25D,26D. The lowest BCUT2D eigenvalue weighted by atomic mass is 9.97. The van der Waals surface area contributed by atoms with Gasteiger partial charge in [0.15, 0.2) is 0 Å². The number of anilines is 3. The monoisotopic (exact) mass is 596 g/mol. The molecule has 0 radical (unpaired) electrons. The third-order valence-electron chi connectivity index (χ3n) is 8.43. The molecule has 0 bridgehead atoms. The molecule has 0 saturated carbocycles. The Morgan fingerprint density at radius 1 is 0.435 bits per heavy atom. The molecule has 0 unspecified atom stereocenters. The van der Waals surface area contributed by atoms with Gasteiger partial charge in [0.25, 0.3) is 0 Å². The zero-order valence-electron chi connectivity index (χ0n) is 33.4. The topological polar surface area (TPSA) is 16.4 Å². The number of fused-ring (bicyclic) bond motifs is 6. The second kappa shape index (κ2) is 10.8. The van der Waals surface area contributed by atoms with Crippen molar-refractivity contribution in [2.75, 3.05) is 4.90 Å². The van der Waals surface area contributed by atoms with Crippen LogP contribution < -0.4 is 4.90 Å². The van der Waals surface area contributed by atoms with Gasteiger partial charge in [-0.2, -0.15) is 0 Å². The molecular weight excluding hydrogens is 558 g/mol. The van der Waals surface area contributed by atoms with E-state index in [1.165, 1.54) is 4.90 Å². The predicted octanol–water partition coefficient (Wildman–Crippen LogP) is 12.7. The summed E-state index contributed by atoms with van der Waals surface area (Å²) < 4.78 is 86.6. The Morgan fingerprint density at radius 2 is 1.09 bits per heavy atom. The van der Waals surface area contributed by atoms with Gasteiger partial charge in [-0.05, 0) is 86.8 Å². The summed E-state index contributed by atoms with van der Waals surface area (Å²) in [6.45, 7) is 0. The summed E-state index contributed by atoms with van der Waals surface area (Å²) in [6.07, 6.45) is 0. The van der Waals surface area contributed by atoms with Crippen LogP contribution in [-0.4, -0.2) is 0 Å². The van der Waals surface area contributed by atoms with Gasteiger partial charge >= 0.3 is 0 Å². The second-order valence-corrected chi connectivity index (χ2v) is 11.1. The number of hydrogen-bond donors (Lipinski definition) is 0. The van der Waals surface area contributed by atoms with Gasteiger partial charge in [0.05, 0.1) is 12.3 Å². The molecule has 0 aliphatic carbocycles. The number of furan rings is 1. The summed E-state index contributed by atoms with van der Waals surface area (Å²) in [6, 6.07) is 33.6. The lowest BCUT2D eigenvalue weighted by Crippen LogP contribution is -2.09. The third-order valence-corrected chi connectivity index (χ3v) is 8.43. The Kier molecular flexibility index (Phi) is 4.37. The van der Waals surface area contributed by atoms with Crippen molar-refractivity contribution in [3.8, 4) is 22.3 Å². The maximum absolute atomic E-state index is 9.34. The Balaban J connectivity index is 1.26. The molecule has 216 valence electrons. The summed E-state index contributed by atoms with van der Waals surface area (Å²) in [5.74, 6) is 0. The minimum absolute atomic E-state index is 0.0973. The first-order chi connectivity index (χ1) is 26.6. The van der Waals surface area contributed by atoms with Crippen molar-refractivity contribution in [2.45, 2.75) is 0 Å². The average Bonchev–Trinajstić information content (AvgIpc) is 3.61. The molecule has 0 fully saturated rings. The van der Waals surface area contributed by atoms with Crippen LogP contribution in [0.1, 0.15) is 12.3 Å². The van der Waals surface area contributed by atoms with Gasteiger partial charge in [-0.25, -0.2) is 0 Å². The second-order valence-electron chi connectivity index (χ2n) is 11.1. The van der Waals surface area contributed by atoms with Gasteiger partial charge in [0, 0.05) is 33.2 Å². The van der Waals surface area contributed by atoms with E-state index in [9.17, 15) is 5.48 Å². The first-order valence-corrected chi connectivity index (χ1v) is 15.0. The van der Waals surface area contributed by atoms with E-state index in [2.05, 4.69) is 6.07 Å². The maximum atomic E-state index is 9.34. The summed E-state index contributed by atoms with van der Waals surface area (Å²) in [4.78, 5) is 1.25. The lowest BCUT2D eigenvalue weighted by molar-refractivity contribution is 0.673. The number of benzene rings is 8. The summed E-state index contributed by atoms with van der Waals surface area (Å²) in [5.41, 5.74) is 3.52. The molecule has 2 heteroatoms. The highest BCUT2D eigenvalue weighted by Crippen LogP contribution is 2.41. The quantitative estimate of drug-likeness (QED) is 0.196. The third kappa shape index (κ3) is 4.35. The Hall–Kier alpha value is -6.12. The number of para-hydroxylation sites is 1. The minimum atomic E-state index is -0.591. The molecule has 2 nitrogen and oxygen atoms in total. The highest BCUT2D eigenvalue weighted by atomic mass is 16.3. The molecule has 0 saturated heterocycles. The van der Waals surface area contributed by atoms with Crippen molar-refractivity contribution in [3.05, 3.63) is 176 Å². The van der Waals surface area contributed by atoms with Crippen LogP contribution in [0.15, 0.2) is 180 Å². The predicted molar refractivity (Wildman–Crippen MR) is 194 cm³/mol. The molecule has 0 spiro atoms. The van der Waals surface area contributed by atoms with Crippen molar-refractivity contribution in [1.82, 2.24) is 0 Å². The fourth-order valence-corrected chi connectivity index (χ4v) is 6.31. The van der Waals surface area contributed by atoms with Crippen LogP contribution in [0.3, 0.4) is 0 Å². The summed E-state index contributed by atoms with van der Waals surface area (Å²) in [5, 5.41) is 5.55. The lowest BCUT2D eigenvalue weighted by Gasteiger charge is -2.26. The van der Waals surface area contributed by atoms with E-state index >= 15 is 0 Å². The fourth-order valence-electron chi connectivity index (χ4n) is 6.31. The van der Waals surface area contributed by atoms with Crippen LogP contribution in [0, 0.1) is 0 Å². The van der Waals surface area contributed by atoms with E-state index in [4.69, 9.17) is 11.3 Å². The molecular formula is C44H29NO. The van der Waals surface area contributed by atoms with Crippen LogP contribution >= 0.6 is 0 Å². The summed E-state index contributed by atoms with van der Waals surface area (Å²) in [7, 11) is 0. The van der Waals surface area contributed by atoms with E-state index in [-0.39, 0.29) is 34.7 Å². The molecule has 46 heavy (non-hydrogen) atoms. The average molecular weight is 597 g/mol. The minimum Gasteiger partial charge on any atom is -0.455 e. The Morgan fingerprint density at radius 3 is 1.89 bits per heavy atom. The smallest absolute Gasteiger partial charge is 0.143 e. The molecule has 0 amide bonds. The SMILES string of the molecule is [2H]c1c([2H])c([2H])c(N(c2ccc(-c3cccc4oc5c6ccccc6ccc5c34)cc2)c2c([2H])c([2H])c(-c3cccc4ccccc34)c([2H])c2[2H])c([2H])c1[2H]. The molecule has 0 aliphatic rings. The van der Waals surface area contributed by atoms with Crippen molar-refractivity contribution < 1.29 is 16.8 Å². The van der Waals surface area contributed by atoms with Crippen molar-refractivity contribution in [2.24, 2.45) is 0 Å². The molecule has 1 aromatic heterocycles. The number of rotatable bonds is 5. The van der Waals surface area contributed by atoms with Gasteiger partial charge in [-0.1, -0.05) is 127 Å². The molecule has 0 atom stereocenters. The van der Waals surface area contributed by atoms with Crippen LogP contribution in [-0.2, 0) is 0 Å². The summed E-state index contributed by atoms with van der Waals surface area (Å²) >= 11 is 0. The van der Waals surface area contributed by atoms with E-state index in [1.54, 1.807) is 24.3 Å². The first-order valence-electron chi connectivity index (χ1n) is 19.5. The van der Waals surface area contributed by atoms with E-state index in [0.29, 0.717) is 11.1 Å². The van der Waals surface area contributed by atoms with Crippen molar-refractivity contribution >= 4 is 60.5 Å². The molecule has 9 aromatic rings. The molecule has 0 N–H and O–H groups in total. The van der Waals surface area contributed by atoms with Crippen LogP contribution in [0.2, 0.25) is 0 Å². The number of hydrogen-bond acceptors (Lipinski definition) is 2. The van der Waals surface area contributed by atoms with Crippen LogP contribution in [0.25, 0.3) is 65.7 Å². The molecule has 8 aromatic carbocycles. The number of nitrogens with zero attached hydrogens (tertiary/aromatic N) is 1. The fraction of sp³-hybridized carbons (Fsp3) is 0. The van der Waals surface area contributed by atoms with Gasteiger partial charge < -0.3 is 9.32 Å². The first kappa shape index (κ1) is 18.6. The van der Waals surface area contributed by atoms with Crippen LogP contribution in [0.4, 0.5) is 17.1 Å². The van der Waals surface area contributed by atoms with Crippen molar-refractivity contribution in [3.63, 3.8) is 0 Å². The zero-order chi connectivity index (χ0) is 38.3. The van der Waals surface area contributed by atoms with Crippen LogP contribution in [0.5, 0.6) is 0 Å². The van der Waals surface area contributed by atoms with Gasteiger partial charge in [-0.15, -0.1) is 0 Å². The van der Waals surface area contributed by atoms with Gasteiger partial charge in [0.1, 0.15) is 11.2 Å². The zero-order valence-corrected chi connectivity index (χ0v) is 24.4. The molecule has 0 aliphatic heterocycles. The Labute approximate surface area is 280 Å². The normalized spacial score (nSPS) is 14.2. The van der Waals surface area contributed by atoms with Crippen molar-refractivity contribution in [1.29, 1.82) is 0 Å². The van der Waals surface area contributed by atoms with E-state index < -0.39 is 42.3 Å². The molecule has 9 rings (SSSR count). The highest BCUT2D eigenvalue weighted by molar-refractivity contribution is 6.19.